The molecule has 1 N–H and O–H groups in total. The fourth-order valence-electron chi connectivity index (χ4n) is 3.28. The van der Waals surface area contributed by atoms with Crippen molar-refractivity contribution in [1.29, 1.82) is 0 Å². The minimum absolute atomic E-state index is 0.0308. The molecule has 11 heteroatoms. The summed E-state index contributed by atoms with van der Waals surface area (Å²) in [5, 5.41) is 0. The molecule has 9 nitrogen and oxygen atoms in total. The maximum atomic E-state index is 13.2. The fraction of sp³-hybridized carbons (Fsp3) is 0.647. The van der Waals surface area contributed by atoms with Gasteiger partial charge in [0.05, 0.1) is 20.5 Å². The highest BCUT2D eigenvalue weighted by molar-refractivity contribution is 7.89. The highest BCUT2D eigenvalue weighted by Gasteiger charge is 2.40. The van der Waals surface area contributed by atoms with Crippen molar-refractivity contribution in [3.8, 4) is 11.5 Å². The normalized spacial score (nSPS) is 18.0. The van der Waals surface area contributed by atoms with Crippen LogP contribution in [-0.4, -0.2) is 74.0 Å². The van der Waals surface area contributed by atoms with Gasteiger partial charge in [0, 0.05) is 38.4 Å². The first-order valence-electron chi connectivity index (χ1n) is 8.77. The van der Waals surface area contributed by atoms with Crippen LogP contribution < -0.4 is 14.2 Å². The number of piperidine rings is 1. The quantitative estimate of drug-likeness (QED) is 0.610. The van der Waals surface area contributed by atoms with Gasteiger partial charge in [-0.3, -0.25) is 0 Å². The maximum absolute atomic E-state index is 13.2. The van der Waals surface area contributed by atoms with E-state index in [1.807, 2.05) is 0 Å². The van der Waals surface area contributed by atoms with E-state index in [1.54, 1.807) is 13.2 Å². The molecule has 2 rings (SSSR count). The van der Waals surface area contributed by atoms with E-state index in [2.05, 4.69) is 4.72 Å². The molecule has 0 bridgehead atoms. The van der Waals surface area contributed by atoms with Crippen LogP contribution in [0.25, 0.3) is 0 Å². The lowest BCUT2D eigenvalue weighted by atomic mass is 9.86. The van der Waals surface area contributed by atoms with Gasteiger partial charge in [-0.25, -0.2) is 25.9 Å². The van der Waals surface area contributed by atoms with Crippen molar-refractivity contribution < 1.29 is 31.0 Å². The first kappa shape index (κ1) is 22.9. The van der Waals surface area contributed by atoms with Crippen LogP contribution in [0.4, 0.5) is 0 Å². The molecule has 0 aromatic heterocycles. The number of nitrogens with zero attached hydrogens (tertiary/aromatic N) is 1. The van der Waals surface area contributed by atoms with E-state index in [9.17, 15) is 16.8 Å². The molecule has 1 heterocycles. The molecule has 1 fully saturated rings. The molecule has 1 aromatic carbocycles. The van der Waals surface area contributed by atoms with E-state index in [1.165, 1.54) is 30.7 Å². The Morgan fingerprint density at radius 3 is 2.21 bits per heavy atom. The number of benzene rings is 1. The third-order valence-corrected chi connectivity index (χ3v) is 7.85. The van der Waals surface area contributed by atoms with Gasteiger partial charge in [-0.15, -0.1) is 0 Å². The lowest BCUT2D eigenvalue weighted by Crippen LogP contribution is -2.56. The van der Waals surface area contributed by atoms with Crippen LogP contribution in [0.3, 0.4) is 0 Å². The first-order chi connectivity index (χ1) is 13.1. The fourth-order valence-corrected chi connectivity index (χ4v) is 5.80. The number of hydrogen-bond acceptors (Lipinski definition) is 7. The molecule has 28 heavy (non-hydrogen) atoms. The van der Waals surface area contributed by atoms with E-state index in [4.69, 9.17) is 14.2 Å². The van der Waals surface area contributed by atoms with E-state index in [0.29, 0.717) is 31.6 Å². The Balaban J connectivity index is 2.34. The molecular weight excluding hydrogens is 408 g/mol. The number of ether oxygens (including phenoxy) is 3. The number of nitrogens with one attached hydrogen (secondary N) is 1. The van der Waals surface area contributed by atoms with Crippen LogP contribution >= 0.6 is 0 Å². The van der Waals surface area contributed by atoms with E-state index in [0.717, 1.165) is 6.26 Å². The van der Waals surface area contributed by atoms with Gasteiger partial charge in [0.2, 0.25) is 20.0 Å². The van der Waals surface area contributed by atoms with Gasteiger partial charge in [-0.1, -0.05) is 0 Å². The molecule has 0 saturated carbocycles. The summed E-state index contributed by atoms with van der Waals surface area (Å²) in [6, 6.07) is 4.54. The molecule has 0 aliphatic carbocycles. The second kappa shape index (κ2) is 8.95. The summed E-state index contributed by atoms with van der Waals surface area (Å²) in [6.45, 7) is 0.817. The van der Waals surface area contributed by atoms with Crippen molar-refractivity contribution in [2.24, 2.45) is 0 Å². The second-order valence-electron chi connectivity index (χ2n) is 6.81. The molecule has 0 unspecified atom stereocenters. The highest BCUT2D eigenvalue weighted by Crippen LogP contribution is 2.33. The first-order valence-corrected chi connectivity index (χ1v) is 12.1. The van der Waals surface area contributed by atoms with Crippen LogP contribution in [0.15, 0.2) is 23.1 Å². The summed E-state index contributed by atoms with van der Waals surface area (Å²) in [5.74, 6) is 0.586. The van der Waals surface area contributed by atoms with Crippen molar-refractivity contribution in [1.82, 2.24) is 9.03 Å². The maximum Gasteiger partial charge on any atom is 0.244 e. The molecule has 0 amide bonds. The van der Waals surface area contributed by atoms with Gasteiger partial charge in [-0.2, -0.15) is 0 Å². The zero-order valence-electron chi connectivity index (χ0n) is 16.6. The molecule has 1 aliphatic rings. The molecule has 0 atom stereocenters. The lowest BCUT2D eigenvalue weighted by Gasteiger charge is -2.41. The summed E-state index contributed by atoms with van der Waals surface area (Å²) in [7, 11) is -2.89. The van der Waals surface area contributed by atoms with Gasteiger partial charge < -0.3 is 14.2 Å². The van der Waals surface area contributed by atoms with Crippen molar-refractivity contribution in [3.63, 3.8) is 0 Å². The SMILES string of the molecule is COCCC1(NS(=O)(=O)c2cc(OC)ccc2OC)CCN(S(C)(=O)=O)CC1. The van der Waals surface area contributed by atoms with Crippen LogP contribution in [-0.2, 0) is 24.8 Å². The van der Waals surface area contributed by atoms with Crippen molar-refractivity contribution >= 4 is 20.0 Å². The van der Waals surface area contributed by atoms with E-state index >= 15 is 0 Å². The largest absolute Gasteiger partial charge is 0.497 e. The Kier molecular flexibility index (Phi) is 7.32. The Hall–Kier alpha value is -1.40. The van der Waals surface area contributed by atoms with E-state index < -0.39 is 25.6 Å². The molecule has 0 spiro atoms. The number of methoxy groups -OCH3 is 3. The second-order valence-corrected chi connectivity index (χ2v) is 10.4. The van der Waals surface area contributed by atoms with Crippen LogP contribution in [0.2, 0.25) is 0 Å². The standard InChI is InChI=1S/C17H28N2O7S2/c1-24-12-9-17(7-10-19(11-8-17)27(4,20)21)18-28(22,23)16-13-14(25-2)5-6-15(16)26-3/h5-6,13,18H,7-12H2,1-4H3. The molecule has 160 valence electrons. The summed E-state index contributed by atoms with van der Waals surface area (Å²) in [5.41, 5.74) is -0.815. The minimum Gasteiger partial charge on any atom is -0.497 e. The molecule has 1 aliphatic heterocycles. The third kappa shape index (κ3) is 5.35. The van der Waals surface area contributed by atoms with Crippen molar-refractivity contribution in [2.75, 3.05) is 47.3 Å². The predicted molar refractivity (Wildman–Crippen MR) is 105 cm³/mol. The molecule has 0 radical (unpaired) electrons. The third-order valence-electron chi connectivity index (χ3n) is 4.94. The Morgan fingerprint density at radius 2 is 1.71 bits per heavy atom. The molecule has 1 aromatic rings. The van der Waals surface area contributed by atoms with Crippen LogP contribution in [0.1, 0.15) is 19.3 Å². The van der Waals surface area contributed by atoms with Crippen LogP contribution in [0.5, 0.6) is 11.5 Å². The number of sulfonamides is 2. The van der Waals surface area contributed by atoms with Gasteiger partial charge in [0.15, 0.2) is 0 Å². The number of rotatable bonds is 9. The average molecular weight is 437 g/mol. The summed E-state index contributed by atoms with van der Waals surface area (Å²) in [4.78, 5) is -0.0308. The number of hydrogen-bond donors (Lipinski definition) is 1. The highest BCUT2D eigenvalue weighted by atomic mass is 32.2. The monoisotopic (exact) mass is 436 g/mol. The van der Waals surface area contributed by atoms with Crippen molar-refractivity contribution in [2.45, 2.75) is 29.7 Å². The summed E-state index contributed by atoms with van der Waals surface area (Å²) < 4.78 is 69.6. The average Bonchev–Trinajstić information content (AvgIpc) is 2.65. The molecular formula is C17H28N2O7S2. The topological polar surface area (TPSA) is 111 Å². The summed E-state index contributed by atoms with van der Waals surface area (Å²) in [6.07, 6.45) is 2.26. The lowest BCUT2D eigenvalue weighted by molar-refractivity contribution is 0.132. The van der Waals surface area contributed by atoms with Crippen LogP contribution in [0, 0.1) is 0 Å². The van der Waals surface area contributed by atoms with E-state index in [-0.39, 0.29) is 23.7 Å². The predicted octanol–water partition coefficient (Wildman–Crippen LogP) is 0.813. The Morgan fingerprint density at radius 1 is 1.07 bits per heavy atom. The van der Waals surface area contributed by atoms with Gasteiger partial charge in [0.1, 0.15) is 16.4 Å². The Bertz CT molecular complexity index is 877. The zero-order valence-corrected chi connectivity index (χ0v) is 18.2. The summed E-state index contributed by atoms with van der Waals surface area (Å²) >= 11 is 0. The van der Waals surface area contributed by atoms with Gasteiger partial charge in [-0.05, 0) is 31.4 Å². The zero-order chi connectivity index (χ0) is 21.0. The van der Waals surface area contributed by atoms with Gasteiger partial charge >= 0.3 is 0 Å². The smallest absolute Gasteiger partial charge is 0.244 e. The molecule has 1 saturated heterocycles. The van der Waals surface area contributed by atoms with Crippen molar-refractivity contribution in [3.05, 3.63) is 18.2 Å². The Labute approximate surface area is 167 Å². The van der Waals surface area contributed by atoms with Gasteiger partial charge in [0.25, 0.3) is 0 Å². The minimum atomic E-state index is -3.96.